The number of hydrogen-bond donors (Lipinski definition) is 1. The minimum atomic E-state index is -0.0488. The van der Waals surface area contributed by atoms with Gasteiger partial charge in [-0.1, -0.05) is 38.0 Å². The lowest BCUT2D eigenvalue weighted by molar-refractivity contribution is 0.109. The Bertz CT molecular complexity index is 1080. The highest BCUT2D eigenvalue weighted by Gasteiger charge is 2.30. The molecule has 6 nitrogen and oxygen atoms in total. The maximum absolute atomic E-state index is 13.5. The Kier molecular flexibility index (Phi) is 7.43. The molecule has 1 unspecified atom stereocenters. The van der Waals surface area contributed by atoms with Gasteiger partial charge in [0.15, 0.2) is 11.5 Å². The van der Waals surface area contributed by atoms with E-state index in [1.165, 1.54) is 10.9 Å². The fraction of sp³-hybridized carbons (Fsp3) is 0.444. The first-order chi connectivity index (χ1) is 16.1. The van der Waals surface area contributed by atoms with Crippen molar-refractivity contribution in [1.29, 1.82) is 0 Å². The summed E-state index contributed by atoms with van der Waals surface area (Å²) in [4.78, 5) is 20.7. The van der Waals surface area contributed by atoms with Gasteiger partial charge in [-0.3, -0.25) is 0 Å². The molecule has 2 aromatic carbocycles. The first kappa shape index (κ1) is 23.0. The Balaban J connectivity index is 1.48. The van der Waals surface area contributed by atoms with Crippen LogP contribution in [0, 0.1) is 0 Å². The van der Waals surface area contributed by atoms with E-state index in [4.69, 9.17) is 9.47 Å². The average Bonchev–Trinajstić information content (AvgIpc) is 3.32. The number of rotatable bonds is 10. The summed E-state index contributed by atoms with van der Waals surface area (Å²) < 4.78 is 11.5. The molecule has 176 valence electrons. The second-order valence-corrected chi connectivity index (χ2v) is 8.75. The molecule has 1 N–H and O–H groups in total. The number of aromatic amines is 1. The standard InChI is InChI=1S/C27H35N3O3/c1-4-5-6-17-33-26-18-21(11-12-25(26)32-3)20(2)30-16-8-15-29(27(30)31)19-22-9-7-10-24-23(22)13-14-28-24/h7,9-14,18,20,28H,4-6,8,15-17,19H2,1-3H3. The summed E-state index contributed by atoms with van der Waals surface area (Å²) in [5.74, 6) is 1.48. The van der Waals surface area contributed by atoms with Crippen molar-refractivity contribution in [3.63, 3.8) is 0 Å². The van der Waals surface area contributed by atoms with Gasteiger partial charge in [0.2, 0.25) is 0 Å². The minimum Gasteiger partial charge on any atom is -0.493 e. The minimum absolute atomic E-state index is 0.0488. The fourth-order valence-electron chi connectivity index (χ4n) is 4.58. The summed E-state index contributed by atoms with van der Waals surface area (Å²) in [6, 6.07) is 14.3. The van der Waals surface area contributed by atoms with Gasteiger partial charge in [0, 0.05) is 36.7 Å². The Hall–Kier alpha value is -3.15. The zero-order chi connectivity index (χ0) is 23.2. The van der Waals surface area contributed by atoms with Gasteiger partial charge >= 0.3 is 6.03 Å². The molecule has 3 aromatic rings. The number of methoxy groups -OCH3 is 1. The summed E-state index contributed by atoms with van der Waals surface area (Å²) in [7, 11) is 1.66. The molecule has 1 fully saturated rings. The van der Waals surface area contributed by atoms with E-state index < -0.39 is 0 Å². The molecule has 0 aliphatic carbocycles. The number of hydrogen-bond acceptors (Lipinski definition) is 3. The molecule has 0 bridgehead atoms. The highest BCUT2D eigenvalue weighted by molar-refractivity contribution is 5.83. The van der Waals surface area contributed by atoms with E-state index in [9.17, 15) is 4.79 Å². The van der Waals surface area contributed by atoms with Crippen LogP contribution in [-0.2, 0) is 6.54 Å². The molecule has 0 saturated carbocycles. The number of carbonyl (C=O) groups is 1. The molecule has 6 heteroatoms. The zero-order valence-electron chi connectivity index (χ0n) is 20.0. The van der Waals surface area contributed by atoms with Crippen molar-refractivity contribution in [2.24, 2.45) is 0 Å². The highest BCUT2D eigenvalue weighted by atomic mass is 16.5. The number of aromatic nitrogens is 1. The number of H-pyrrole nitrogens is 1. The molecule has 0 spiro atoms. The first-order valence-corrected chi connectivity index (χ1v) is 12.0. The van der Waals surface area contributed by atoms with E-state index in [1.807, 2.05) is 40.3 Å². The predicted molar refractivity (Wildman–Crippen MR) is 132 cm³/mol. The summed E-state index contributed by atoms with van der Waals surface area (Å²) in [5, 5.41) is 1.18. The molecule has 1 aliphatic rings. The van der Waals surface area contributed by atoms with Crippen molar-refractivity contribution in [3.8, 4) is 11.5 Å². The number of urea groups is 1. The molecule has 0 radical (unpaired) electrons. The number of ether oxygens (including phenoxy) is 2. The van der Waals surface area contributed by atoms with Gasteiger partial charge in [-0.25, -0.2) is 4.79 Å². The molecule has 2 amide bonds. The lowest BCUT2D eigenvalue weighted by Crippen LogP contribution is -2.49. The van der Waals surface area contributed by atoms with Crippen LogP contribution >= 0.6 is 0 Å². The SMILES string of the molecule is CCCCCOc1cc(C(C)N2CCCN(Cc3cccc4[nH]ccc34)C2=O)ccc1OC. The van der Waals surface area contributed by atoms with Crippen LogP contribution in [0.5, 0.6) is 11.5 Å². The number of nitrogens with zero attached hydrogens (tertiary/aromatic N) is 2. The van der Waals surface area contributed by atoms with E-state index in [-0.39, 0.29) is 12.1 Å². The van der Waals surface area contributed by atoms with Gasteiger partial charge < -0.3 is 24.3 Å². The second kappa shape index (κ2) is 10.6. The van der Waals surface area contributed by atoms with Crippen LogP contribution in [0.3, 0.4) is 0 Å². The molecule has 33 heavy (non-hydrogen) atoms. The summed E-state index contributed by atoms with van der Waals surface area (Å²) in [5.41, 5.74) is 3.33. The molecule has 2 heterocycles. The van der Waals surface area contributed by atoms with E-state index in [1.54, 1.807) is 7.11 Å². The maximum Gasteiger partial charge on any atom is 0.320 e. The smallest absolute Gasteiger partial charge is 0.320 e. The number of nitrogens with one attached hydrogen (secondary N) is 1. The summed E-state index contributed by atoms with van der Waals surface area (Å²) in [6.45, 7) is 7.09. The molecule has 1 aromatic heterocycles. The van der Waals surface area contributed by atoms with Gasteiger partial charge in [-0.2, -0.15) is 0 Å². The zero-order valence-corrected chi connectivity index (χ0v) is 20.0. The van der Waals surface area contributed by atoms with Crippen molar-refractivity contribution in [3.05, 3.63) is 59.8 Å². The van der Waals surface area contributed by atoms with Crippen LogP contribution in [0.1, 0.15) is 56.7 Å². The van der Waals surface area contributed by atoms with Crippen LogP contribution in [-0.4, -0.2) is 47.6 Å². The summed E-state index contributed by atoms with van der Waals surface area (Å²) >= 11 is 0. The third-order valence-electron chi connectivity index (χ3n) is 6.53. The second-order valence-electron chi connectivity index (χ2n) is 8.75. The quantitative estimate of drug-likeness (QED) is 0.379. The normalized spacial score (nSPS) is 15.2. The molecule has 4 rings (SSSR count). The Morgan fingerprint density at radius 1 is 1.09 bits per heavy atom. The van der Waals surface area contributed by atoms with Crippen LogP contribution in [0.25, 0.3) is 10.9 Å². The van der Waals surface area contributed by atoms with Crippen molar-refractivity contribution >= 4 is 16.9 Å². The number of unbranched alkanes of at least 4 members (excludes halogenated alkanes) is 2. The topological polar surface area (TPSA) is 57.8 Å². The molecular formula is C27H35N3O3. The average molecular weight is 450 g/mol. The third kappa shape index (κ3) is 5.10. The van der Waals surface area contributed by atoms with Crippen molar-refractivity contribution in [2.45, 2.75) is 52.1 Å². The van der Waals surface area contributed by atoms with Gasteiger partial charge in [-0.05, 0) is 55.2 Å². The molecule has 1 saturated heterocycles. The predicted octanol–water partition coefficient (Wildman–Crippen LogP) is 6.13. The maximum atomic E-state index is 13.5. The van der Waals surface area contributed by atoms with E-state index in [0.29, 0.717) is 13.2 Å². The number of fused-ring (bicyclic) bond motifs is 1. The van der Waals surface area contributed by atoms with Crippen molar-refractivity contribution in [2.75, 3.05) is 26.8 Å². The van der Waals surface area contributed by atoms with E-state index in [0.717, 1.165) is 61.4 Å². The number of carbonyl (C=O) groups excluding carboxylic acids is 1. The Morgan fingerprint density at radius 2 is 1.97 bits per heavy atom. The number of benzene rings is 2. The third-order valence-corrected chi connectivity index (χ3v) is 6.53. The van der Waals surface area contributed by atoms with Gasteiger partial charge in [0.05, 0.1) is 19.8 Å². The van der Waals surface area contributed by atoms with Crippen LogP contribution in [0.2, 0.25) is 0 Å². The molecule has 1 atom stereocenters. The van der Waals surface area contributed by atoms with Crippen molar-refractivity contribution in [1.82, 2.24) is 14.8 Å². The van der Waals surface area contributed by atoms with Crippen molar-refractivity contribution < 1.29 is 14.3 Å². The highest BCUT2D eigenvalue weighted by Crippen LogP contribution is 2.34. The van der Waals surface area contributed by atoms with Crippen LogP contribution < -0.4 is 9.47 Å². The van der Waals surface area contributed by atoms with Gasteiger partial charge in [0.1, 0.15) is 0 Å². The van der Waals surface area contributed by atoms with E-state index >= 15 is 0 Å². The Labute approximate surface area is 196 Å². The largest absolute Gasteiger partial charge is 0.493 e. The lowest BCUT2D eigenvalue weighted by Gasteiger charge is -2.39. The Morgan fingerprint density at radius 3 is 2.79 bits per heavy atom. The first-order valence-electron chi connectivity index (χ1n) is 12.0. The van der Waals surface area contributed by atoms with Crippen LogP contribution in [0.4, 0.5) is 4.79 Å². The van der Waals surface area contributed by atoms with E-state index in [2.05, 4.69) is 37.0 Å². The molecule has 1 aliphatic heterocycles. The monoisotopic (exact) mass is 449 g/mol. The molecular weight excluding hydrogens is 414 g/mol. The lowest BCUT2D eigenvalue weighted by atomic mass is 10.0. The van der Waals surface area contributed by atoms with Gasteiger partial charge in [-0.15, -0.1) is 0 Å². The van der Waals surface area contributed by atoms with Gasteiger partial charge in [0.25, 0.3) is 0 Å². The summed E-state index contributed by atoms with van der Waals surface area (Å²) in [6.07, 6.45) is 6.23. The number of amides is 2. The fourth-order valence-corrected chi connectivity index (χ4v) is 4.58. The van der Waals surface area contributed by atoms with Crippen LogP contribution in [0.15, 0.2) is 48.7 Å².